The van der Waals surface area contributed by atoms with Crippen molar-refractivity contribution in [2.75, 3.05) is 7.11 Å². The summed E-state index contributed by atoms with van der Waals surface area (Å²) in [6.07, 6.45) is 0. The normalized spacial score (nSPS) is 10.5. The Labute approximate surface area is 149 Å². The molecule has 25 heavy (non-hydrogen) atoms. The first kappa shape index (κ1) is 17.0. The van der Waals surface area contributed by atoms with Crippen LogP contribution in [-0.4, -0.2) is 23.2 Å². The highest BCUT2D eigenvalue weighted by Gasteiger charge is 2.16. The zero-order valence-electron chi connectivity index (χ0n) is 13.7. The fourth-order valence-electron chi connectivity index (χ4n) is 2.24. The van der Waals surface area contributed by atoms with Crippen molar-refractivity contribution in [3.63, 3.8) is 0 Å². The first-order chi connectivity index (χ1) is 12.1. The molecule has 7 heteroatoms. The lowest BCUT2D eigenvalue weighted by Gasteiger charge is -2.08. The van der Waals surface area contributed by atoms with Crippen molar-refractivity contribution in [3.05, 3.63) is 64.5 Å². The van der Waals surface area contributed by atoms with Crippen LogP contribution in [0.1, 0.15) is 21.8 Å². The van der Waals surface area contributed by atoms with E-state index >= 15 is 0 Å². The second kappa shape index (κ2) is 7.36. The van der Waals surface area contributed by atoms with Crippen molar-refractivity contribution in [2.45, 2.75) is 13.5 Å². The molecule has 0 atom stereocenters. The van der Waals surface area contributed by atoms with Crippen molar-refractivity contribution in [1.29, 1.82) is 0 Å². The molecule has 1 aromatic heterocycles. The Morgan fingerprint density at radius 2 is 2.08 bits per heavy atom. The lowest BCUT2D eigenvalue weighted by molar-refractivity contribution is 0.0426. The first-order valence-corrected chi connectivity index (χ1v) is 7.85. The van der Waals surface area contributed by atoms with Gasteiger partial charge in [0, 0.05) is 10.6 Å². The first-order valence-electron chi connectivity index (χ1n) is 7.47. The Bertz CT molecular complexity index is 908. The number of aromatic nitrogens is 2. The van der Waals surface area contributed by atoms with Crippen LogP contribution >= 0.6 is 11.6 Å². The molecule has 0 saturated heterocycles. The van der Waals surface area contributed by atoms with Gasteiger partial charge in [-0.25, -0.2) is 4.79 Å². The van der Waals surface area contributed by atoms with E-state index < -0.39 is 5.97 Å². The number of ether oxygens (including phenoxy) is 2. The van der Waals surface area contributed by atoms with E-state index in [2.05, 4.69) is 10.1 Å². The monoisotopic (exact) mass is 358 g/mol. The van der Waals surface area contributed by atoms with E-state index in [4.69, 9.17) is 25.6 Å². The van der Waals surface area contributed by atoms with Crippen LogP contribution in [0.2, 0.25) is 5.02 Å². The molecule has 0 fully saturated rings. The molecule has 0 radical (unpaired) electrons. The predicted octanol–water partition coefficient (Wildman–Crippen LogP) is 4.06. The van der Waals surface area contributed by atoms with Crippen LogP contribution in [0.5, 0.6) is 5.75 Å². The van der Waals surface area contributed by atoms with Crippen LogP contribution in [-0.2, 0) is 11.3 Å². The Balaban J connectivity index is 1.70. The van der Waals surface area contributed by atoms with Gasteiger partial charge < -0.3 is 14.0 Å². The molecule has 3 aromatic rings. The number of hydrogen-bond acceptors (Lipinski definition) is 6. The molecule has 0 amide bonds. The lowest BCUT2D eigenvalue weighted by atomic mass is 10.1. The Kier molecular flexibility index (Phi) is 5.00. The molecule has 0 aliphatic carbocycles. The molecule has 0 aliphatic heterocycles. The summed E-state index contributed by atoms with van der Waals surface area (Å²) in [6, 6.07) is 12.3. The maximum absolute atomic E-state index is 12.3. The summed E-state index contributed by atoms with van der Waals surface area (Å²) in [5.74, 6) is 0.487. The van der Waals surface area contributed by atoms with Crippen LogP contribution in [0.25, 0.3) is 11.4 Å². The maximum Gasteiger partial charge on any atom is 0.342 e. The molecule has 2 aromatic carbocycles. The van der Waals surface area contributed by atoms with Gasteiger partial charge in [0.1, 0.15) is 11.3 Å². The molecule has 6 nitrogen and oxygen atoms in total. The molecular weight excluding hydrogens is 344 g/mol. The van der Waals surface area contributed by atoms with Gasteiger partial charge in [-0.1, -0.05) is 40.5 Å². The standard InChI is InChI=1S/C18H15ClN2O4/c1-11-6-7-15(23-2)14(8-11)18(22)24-10-16-20-17(21-25-16)12-4-3-5-13(19)9-12/h3-9H,10H2,1-2H3. The quantitative estimate of drug-likeness (QED) is 0.640. The van der Waals surface area contributed by atoms with E-state index in [1.807, 2.05) is 19.1 Å². The van der Waals surface area contributed by atoms with Gasteiger partial charge in [-0.05, 0) is 31.2 Å². The minimum atomic E-state index is -0.525. The van der Waals surface area contributed by atoms with E-state index in [0.29, 0.717) is 27.7 Å². The van der Waals surface area contributed by atoms with Crippen LogP contribution in [0, 0.1) is 6.92 Å². The molecule has 1 heterocycles. The molecule has 0 N–H and O–H groups in total. The minimum Gasteiger partial charge on any atom is -0.496 e. The van der Waals surface area contributed by atoms with E-state index in [1.54, 1.807) is 30.3 Å². The lowest BCUT2D eigenvalue weighted by Crippen LogP contribution is -2.07. The summed E-state index contributed by atoms with van der Waals surface area (Å²) < 4.78 is 15.5. The second-order valence-corrected chi connectivity index (χ2v) is 5.74. The van der Waals surface area contributed by atoms with Gasteiger partial charge in [0.25, 0.3) is 5.89 Å². The van der Waals surface area contributed by atoms with Crippen molar-refractivity contribution < 1.29 is 18.8 Å². The summed E-state index contributed by atoms with van der Waals surface area (Å²) in [6.45, 7) is 1.75. The summed E-state index contributed by atoms with van der Waals surface area (Å²) in [7, 11) is 1.50. The summed E-state index contributed by atoms with van der Waals surface area (Å²) in [5.41, 5.74) is 1.99. The van der Waals surface area contributed by atoms with Crippen molar-refractivity contribution >= 4 is 17.6 Å². The van der Waals surface area contributed by atoms with E-state index in [-0.39, 0.29) is 12.5 Å². The number of halogens is 1. The molecule has 128 valence electrons. The topological polar surface area (TPSA) is 74.5 Å². The highest BCUT2D eigenvalue weighted by Crippen LogP contribution is 2.22. The largest absolute Gasteiger partial charge is 0.496 e. The highest BCUT2D eigenvalue weighted by molar-refractivity contribution is 6.30. The van der Waals surface area contributed by atoms with Crippen LogP contribution in [0.4, 0.5) is 0 Å². The smallest absolute Gasteiger partial charge is 0.342 e. The molecule has 0 saturated carbocycles. The predicted molar refractivity (Wildman–Crippen MR) is 91.6 cm³/mol. The SMILES string of the molecule is COc1ccc(C)cc1C(=O)OCc1nc(-c2cccc(Cl)c2)no1. The third kappa shape index (κ3) is 3.97. The summed E-state index contributed by atoms with van der Waals surface area (Å²) in [4.78, 5) is 16.5. The van der Waals surface area contributed by atoms with Crippen molar-refractivity contribution in [1.82, 2.24) is 10.1 Å². The van der Waals surface area contributed by atoms with E-state index in [9.17, 15) is 4.79 Å². The van der Waals surface area contributed by atoms with Gasteiger partial charge in [-0.15, -0.1) is 0 Å². The number of carbonyl (C=O) groups excluding carboxylic acids is 1. The molecule has 0 unspecified atom stereocenters. The molecule has 0 spiro atoms. The summed E-state index contributed by atoms with van der Waals surface area (Å²) in [5, 5.41) is 4.44. The number of carbonyl (C=O) groups is 1. The van der Waals surface area contributed by atoms with E-state index in [1.165, 1.54) is 7.11 Å². The average molecular weight is 359 g/mol. The van der Waals surface area contributed by atoms with Crippen LogP contribution < -0.4 is 4.74 Å². The Morgan fingerprint density at radius 1 is 1.24 bits per heavy atom. The average Bonchev–Trinajstić information content (AvgIpc) is 3.08. The van der Waals surface area contributed by atoms with Gasteiger partial charge in [-0.3, -0.25) is 0 Å². The third-order valence-electron chi connectivity index (χ3n) is 3.45. The van der Waals surface area contributed by atoms with Crippen LogP contribution in [0.3, 0.4) is 0 Å². The molecule has 0 aliphatic rings. The van der Waals surface area contributed by atoms with Gasteiger partial charge in [0.15, 0.2) is 6.61 Å². The number of rotatable bonds is 5. The van der Waals surface area contributed by atoms with Gasteiger partial charge >= 0.3 is 5.97 Å². The Morgan fingerprint density at radius 3 is 2.84 bits per heavy atom. The number of aryl methyl sites for hydroxylation is 1. The fraction of sp³-hybridized carbons (Fsp3) is 0.167. The third-order valence-corrected chi connectivity index (χ3v) is 3.69. The van der Waals surface area contributed by atoms with Gasteiger partial charge in [0.05, 0.1) is 7.11 Å². The highest BCUT2D eigenvalue weighted by atomic mass is 35.5. The van der Waals surface area contributed by atoms with Crippen molar-refractivity contribution in [3.8, 4) is 17.1 Å². The Hall–Kier alpha value is -2.86. The summed E-state index contributed by atoms with van der Waals surface area (Å²) >= 11 is 5.95. The minimum absolute atomic E-state index is 0.135. The zero-order chi connectivity index (χ0) is 17.8. The van der Waals surface area contributed by atoms with Crippen molar-refractivity contribution in [2.24, 2.45) is 0 Å². The molecular formula is C18H15ClN2O4. The number of hydrogen-bond donors (Lipinski definition) is 0. The van der Waals surface area contributed by atoms with Gasteiger partial charge in [-0.2, -0.15) is 4.98 Å². The molecule has 0 bridgehead atoms. The number of esters is 1. The number of nitrogens with zero attached hydrogens (tertiary/aromatic N) is 2. The fourth-order valence-corrected chi connectivity index (χ4v) is 2.43. The number of benzene rings is 2. The second-order valence-electron chi connectivity index (χ2n) is 5.30. The van der Waals surface area contributed by atoms with Crippen LogP contribution in [0.15, 0.2) is 47.0 Å². The zero-order valence-corrected chi connectivity index (χ0v) is 14.4. The number of methoxy groups -OCH3 is 1. The van der Waals surface area contributed by atoms with Gasteiger partial charge in [0.2, 0.25) is 5.82 Å². The van der Waals surface area contributed by atoms with E-state index in [0.717, 1.165) is 5.56 Å². The maximum atomic E-state index is 12.3. The molecule has 3 rings (SSSR count).